The molecule has 10 heteroatoms. The van der Waals surface area contributed by atoms with E-state index in [0.29, 0.717) is 11.4 Å². The maximum absolute atomic E-state index is 12.5. The number of esters is 1. The highest BCUT2D eigenvalue weighted by Gasteiger charge is 2.34. The molecule has 0 saturated carbocycles. The maximum atomic E-state index is 12.5. The fourth-order valence-electron chi connectivity index (χ4n) is 2.92. The molecule has 1 heterocycles. The normalized spacial score (nSPS) is 13.4. The summed E-state index contributed by atoms with van der Waals surface area (Å²) in [4.78, 5) is 36.5. The number of aliphatic hydroxyl groups is 1. The standard InChI is InChI=1S/C20H19N3O7/c1-29-20(26)15-12-22(10-11-24)19(25)18(15)21-13-6-8-14(9-7-13)30-17-5-3-2-4-16(17)23(27)28/h2-9,21,24H,10-12H2,1H3. The van der Waals surface area contributed by atoms with E-state index < -0.39 is 16.8 Å². The van der Waals surface area contributed by atoms with E-state index >= 15 is 0 Å². The summed E-state index contributed by atoms with van der Waals surface area (Å²) in [5.74, 6) is -0.603. The highest BCUT2D eigenvalue weighted by molar-refractivity contribution is 6.08. The number of carbonyl (C=O) groups is 2. The summed E-state index contributed by atoms with van der Waals surface area (Å²) in [6, 6.07) is 12.4. The molecule has 1 amide bonds. The van der Waals surface area contributed by atoms with E-state index in [4.69, 9.17) is 14.6 Å². The second kappa shape index (κ2) is 9.05. The lowest BCUT2D eigenvalue weighted by Gasteiger charge is -2.15. The van der Waals surface area contributed by atoms with Gasteiger partial charge in [0.15, 0.2) is 0 Å². The highest BCUT2D eigenvalue weighted by Crippen LogP contribution is 2.31. The van der Waals surface area contributed by atoms with Gasteiger partial charge in [-0.2, -0.15) is 0 Å². The second-order valence-corrected chi connectivity index (χ2v) is 6.27. The smallest absolute Gasteiger partial charge is 0.337 e. The Balaban J connectivity index is 1.78. The van der Waals surface area contributed by atoms with Crippen LogP contribution < -0.4 is 10.1 Å². The molecule has 2 N–H and O–H groups in total. The number of β-amino-alcohol motifs (C(OH)–C–C–N with tert-alkyl or cyclic N) is 1. The number of nitro groups is 1. The van der Waals surface area contributed by atoms with Crippen LogP contribution in [0.15, 0.2) is 59.8 Å². The molecule has 10 nitrogen and oxygen atoms in total. The zero-order chi connectivity index (χ0) is 21.7. The summed E-state index contributed by atoms with van der Waals surface area (Å²) in [6.07, 6.45) is 0. The van der Waals surface area contributed by atoms with Gasteiger partial charge >= 0.3 is 11.7 Å². The van der Waals surface area contributed by atoms with E-state index in [1.54, 1.807) is 36.4 Å². The van der Waals surface area contributed by atoms with E-state index in [-0.39, 0.29) is 42.4 Å². The van der Waals surface area contributed by atoms with Crippen molar-refractivity contribution in [1.82, 2.24) is 4.90 Å². The van der Waals surface area contributed by atoms with Crippen molar-refractivity contribution in [2.75, 3.05) is 32.1 Å². The topological polar surface area (TPSA) is 131 Å². The zero-order valence-corrected chi connectivity index (χ0v) is 16.0. The van der Waals surface area contributed by atoms with Crippen LogP contribution in [0, 0.1) is 10.1 Å². The Hall–Kier alpha value is -3.92. The van der Waals surface area contributed by atoms with Gasteiger partial charge in [0.05, 0.1) is 30.8 Å². The first-order chi connectivity index (χ1) is 14.4. The van der Waals surface area contributed by atoms with Crippen LogP contribution in [0.3, 0.4) is 0 Å². The second-order valence-electron chi connectivity index (χ2n) is 6.27. The number of carbonyl (C=O) groups excluding carboxylic acids is 2. The van der Waals surface area contributed by atoms with Crippen molar-refractivity contribution >= 4 is 23.3 Å². The van der Waals surface area contributed by atoms with Crippen molar-refractivity contribution in [3.63, 3.8) is 0 Å². The van der Waals surface area contributed by atoms with Crippen molar-refractivity contribution in [2.24, 2.45) is 0 Å². The minimum atomic E-state index is -0.636. The van der Waals surface area contributed by atoms with Gasteiger partial charge in [-0.15, -0.1) is 0 Å². The van der Waals surface area contributed by atoms with Crippen molar-refractivity contribution in [1.29, 1.82) is 0 Å². The lowest BCUT2D eigenvalue weighted by atomic mass is 10.2. The predicted molar refractivity (Wildman–Crippen MR) is 106 cm³/mol. The molecule has 1 aliphatic rings. The van der Waals surface area contributed by atoms with E-state index in [2.05, 4.69) is 5.32 Å². The average Bonchev–Trinajstić information content (AvgIpc) is 3.05. The zero-order valence-electron chi connectivity index (χ0n) is 16.0. The van der Waals surface area contributed by atoms with E-state index in [9.17, 15) is 19.7 Å². The monoisotopic (exact) mass is 413 g/mol. The van der Waals surface area contributed by atoms with Crippen LogP contribution in [0.4, 0.5) is 11.4 Å². The summed E-state index contributed by atoms with van der Waals surface area (Å²) in [5.41, 5.74) is 0.576. The number of nitro benzene ring substituents is 1. The molecule has 0 bridgehead atoms. The fraction of sp³-hybridized carbons (Fsp3) is 0.200. The number of ether oxygens (including phenoxy) is 2. The first-order valence-corrected chi connectivity index (χ1v) is 8.94. The van der Waals surface area contributed by atoms with Crippen molar-refractivity contribution in [3.8, 4) is 11.5 Å². The van der Waals surface area contributed by atoms with Gasteiger partial charge in [0.25, 0.3) is 5.91 Å². The highest BCUT2D eigenvalue weighted by atomic mass is 16.6. The Morgan fingerprint density at radius 3 is 2.57 bits per heavy atom. The van der Waals surface area contributed by atoms with Crippen LogP contribution in [-0.4, -0.2) is 53.6 Å². The first-order valence-electron chi connectivity index (χ1n) is 8.94. The predicted octanol–water partition coefficient (Wildman–Crippen LogP) is 2.06. The number of methoxy groups -OCH3 is 1. The minimum Gasteiger partial charge on any atom is -0.466 e. The average molecular weight is 413 g/mol. The Morgan fingerprint density at radius 1 is 1.23 bits per heavy atom. The van der Waals surface area contributed by atoms with Crippen molar-refractivity contribution in [3.05, 3.63) is 69.9 Å². The van der Waals surface area contributed by atoms with Crippen LogP contribution in [0.25, 0.3) is 0 Å². The van der Waals surface area contributed by atoms with Gasteiger partial charge in [0.1, 0.15) is 11.4 Å². The molecule has 2 aromatic rings. The van der Waals surface area contributed by atoms with Gasteiger partial charge in [-0.05, 0) is 30.3 Å². The summed E-state index contributed by atoms with van der Waals surface area (Å²) >= 11 is 0. The van der Waals surface area contributed by atoms with Crippen LogP contribution in [0.5, 0.6) is 11.5 Å². The third-order valence-corrected chi connectivity index (χ3v) is 4.37. The SMILES string of the molecule is COC(=O)C1=C(Nc2ccc(Oc3ccccc3[N+](=O)[O-])cc2)C(=O)N(CCO)C1. The first kappa shape index (κ1) is 20.8. The molecule has 0 fully saturated rings. The molecule has 0 atom stereocenters. The lowest BCUT2D eigenvalue weighted by Crippen LogP contribution is -2.31. The van der Waals surface area contributed by atoms with Gasteiger partial charge in [-0.1, -0.05) is 12.1 Å². The maximum Gasteiger partial charge on any atom is 0.337 e. The third kappa shape index (κ3) is 4.39. The molecule has 156 valence electrons. The van der Waals surface area contributed by atoms with E-state index in [1.165, 1.54) is 24.1 Å². The number of aliphatic hydroxyl groups excluding tert-OH is 1. The number of para-hydroxylation sites is 2. The molecule has 0 saturated heterocycles. The molecule has 0 aliphatic carbocycles. The number of nitrogens with one attached hydrogen (secondary N) is 1. The summed E-state index contributed by atoms with van der Waals surface area (Å²) in [6.45, 7) is -0.106. The quantitative estimate of drug-likeness (QED) is 0.382. The molecule has 2 aromatic carbocycles. The summed E-state index contributed by atoms with van der Waals surface area (Å²) in [7, 11) is 1.22. The minimum absolute atomic E-state index is 0.0350. The molecular weight excluding hydrogens is 394 g/mol. The van der Waals surface area contributed by atoms with Crippen LogP contribution in [0.1, 0.15) is 0 Å². The molecule has 1 aliphatic heterocycles. The van der Waals surface area contributed by atoms with Gasteiger partial charge in [-0.25, -0.2) is 4.79 Å². The van der Waals surface area contributed by atoms with Crippen LogP contribution >= 0.6 is 0 Å². The number of hydrogen-bond acceptors (Lipinski definition) is 8. The van der Waals surface area contributed by atoms with Gasteiger partial charge in [0.2, 0.25) is 5.75 Å². The Kier molecular flexibility index (Phi) is 6.28. The van der Waals surface area contributed by atoms with E-state index in [0.717, 1.165) is 0 Å². The number of nitrogens with zero attached hydrogens (tertiary/aromatic N) is 2. The Labute approximate surface area is 171 Å². The molecule has 0 spiro atoms. The van der Waals surface area contributed by atoms with Crippen molar-refractivity contribution in [2.45, 2.75) is 0 Å². The number of anilines is 1. The number of benzene rings is 2. The van der Waals surface area contributed by atoms with Gasteiger partial charge in [-0.3, -0.25) is 14.9 Å². The molecule has 0 radical (unpaired) electrons. The third-order valence-electron chi connectivity index (χ3n) is 4.37. The number of amides is 1. The summed E-state index contributed by atoms with van der Waals surface area (Å²) in [5, 5.41) is 23.1. The van der Waals surface area contributed by atoms with Crippen LogP contribution in [0.2, 0.25) is 0 Å². The molecule has 30 heavy (non-hydrogen) atoms. The Bertz CT molecular complexity index is 1000. The molecular formula is C20H19N3O7. The Morgan fingerprint density at radius 2 is 1.93 bits per heavy atom. The van der Waals surface area contributed by atoms with Crippen molar-refractivity contribution < 1.29 is 29.1 Å². The molecule has 0 aromatic heterocycles. The fourth-order valence-corrected chi connectivity index (χ4v) is 2.92. The van der Waals surface area contributed by atoms with Crippen LogP contribution in [-0.2, 0) is 14.3 Å². The summed E-state index contributed by atoms with van der Waals surface area (Å²) < 4.78 is 10.3. The van der Waals surface area contributed by atoms with Gasteiger partial charge < -0.3 is 24.8 Å². The number of rotatable bonds is 8. The lowest BCUT2D eigenvalue weighted by molar-refractivity contribution is -0.385. The number of hydrogen-bond donors (Lipinski definition) is 2. The van der Waals surface area contributed by atoms with Gasteiger partial charge in [0, 0.05) is 18.3 Å². The molecule has 0 unspecified atom stereocenters. The molecule has 3 rings (SSSR count). The van der Waals surface area contributed by atoms with E-state index in [1.807, 2.05) is 0 Å². The largest absolute Gasteiger partial charge is 0.466 e.